The first-order valence-corrected chi connectivity index (χ1v) is 10.8. The van der Waals surface area contributed by atoms with E-state index >= 15 is 0 Å². The number of carbonyl (C=O) groups excluding carboxylic acids is 2. The van der Waals surface area contributed by atoms with Crippen LogP contribution in [0.3, 0.4) is 0 Å². The molecular formula is C25H25N5O2. The summed E-state index contributed by atoms with van der Waals surface area (Å²) in [6.07, 6.45) is 3.49. The van der Waals surface area contributed by atoms with E-state index < -0.39 is 0 Å². The normalized spacial score (nSPS) is 14.2. The number of nitrogens with zero attached hydrogens (tertiary/aromatic N) is 3. The van der Waals surface area contributed by atoms with Gasteiger partial charge in [-0.15, -0.1) is 0 Å². The van der Waals surface area contributed by atoms with E-state index in [0.29, 0.717) is 12.4 Å². The molecule has 7 nitrogen and oxygen atoms in total. The Balaban J connectivity index is 1.38. The molecular weight excluding hydrogens is 402 g/mol. The van der Waals surface area contributed by atoms with Crippen molar-refractivity contribution < 1.29 is 9.59 Å². The zero-order valence-electron chi connectivity index (χ0n) is 18.2. The lowest BCUT2D eigenvalue weighted by molar-refractivity contribution is -0.117. The summed E-state index contributed by atoms with van der Waals surface area (Å²) >= 11 is 0. The average Bonchev–Trinajstić information content (AvgIpc) is 3.39. The standard InChI is InChI=1S/C25H25N5O2/c1-16(31)29-12-9-18-6-7-20(14-23(18)29)28-24-15-21(8-11-26-24)27-22-5-3-4-19-10-13-30(17(2)32)25(19)22/h3-8,11,14-15H,9-10,12-13H2,1-2H3,(H2,26,27,28). The molecule has 2 aromatic carbocycles. The number of benzene rings is 2. The topological polar surface area (TPSA) is 77.6 Å². The van der Waals surface area contributed by atoms with E-state index in [1.807, 2.05) is 46.2 Å². The van der Waals surface area contributed by atoms with Crippen LogP contribution >= 0.6 is 0 Å². The number of amides is 2. The van der Waals surface area contributed by atoms with Crippen molar-refractivity contribution in [1.29, 1.82) is 0 Å². The molecule has 0 unspecified atom stereocenters. The van der Waals surface area contributed by atoms with E-state index in [2.05, 4.69) is 27.8 Å². The molecule has 7 heteroatoms. The number of hydrogen-bond acceptors (Lipinski definition) is 5. The zero-order valence-corrected chi connectivity index (χ0v) is 18.2. The second kappa shape index (κ2) is 8.00. The second-order valence-corrected chi connectivity index (χ2v) is 8.18. The molecule has 5 rings (SSSR count). The maximum Gasteiger partial charge on any atom is 0.223 e. The Labute approximate surface area is 187 Å². The number of pyridine rings is 1. The number of para-hydroxylation sites is 1. The summed E-state index contributed by atoms with van der Waals surface area (Å²) in [5, 5.41) is 6.80. The van der Waals surface area contributed by atoms with E-state index in [-0.39, 0.29) is 11.8 Å². The highest BCUT2D eigenvalue weighted by Gasteiger charge is 2.25. The molecule has 3 aromatic rings. The van der Waals surface area contributed by atoms with Crippen molar-refractivity contribution in [3.05, 3.63) is 65.9 Å². The molecule has 162 valence electrons. The monoisotopic (exact) mass is 427 g/mol. The minimum atomic E-state index is 0.0475. The average molecular weight is 428 g/mol. The van der Waals surface area contributed by atoms with Gasteiger partial charge in [-0.3, -0.25) is 9.59 Å². The van der Waals surface area contributed by atoms with Crippen molar-refractivity contribution in [2.75, 3.05) is 33.5 Å². The highest BCUT2D eigenvalue weighted by molar-refractivity contribution is 5.98. The molecule has 0 radical (unpaired) electrons. The van der Waals surface area contributed by atoms with Crippen molar-refractivity contribution in [2.45, 2.75) is 26.7 Å². The van der Waals surface area contributed by atoms with E-state index in [1.165, 1.54) is 11.1 Å². The van der Waals surface area contributed by atoms with Crippen LogP contribution in [-0.2, 0) is 22.4 Å². The third-order valence-corrected chi connectivity index (χ3v) is 6.05. The fourth-order valence-corrected chi connectivity index (χ4v) is 4.54. The predicted molar refractivity (Wildman–Crippen MR) is 127 cm³/mol. The Hall–Kier alpha value is -3.87. The van der Waals surface area contributed by atoms with Gasteiger partial charge >= 0.3 is 0 Å². The number of hydrogen-bond donors (Lipinski definition) is 2. The van der Waals surface area contributed by atoms with Crippen molar-refractivity contribution in [2.24, 2.45) is 0 Å². The van der Waals surface area contributed by atoms with Crippen LogP contribution in [0.1, 0.15) is 25.0 Å². The maximum atomic E-state index is 12.1. The number of aromatic nitrogens is 1. The van der Waals surface area contributed by atoms with Gasteiger partial charge in [0.25, 0.3) is 0 Å². The van der Waals surface area contributed by atoms with Gasteiger partial charge in [0.05, 0.1) is 11.4 Å². The highest BCUT2D eigenvalue weighted by Crippen LogP contribution is 2.37. The van der Waals surface area contributed by atoms with Crippen LogP contribution in [0.4, 0.5) is 34.3 Å². The molecule has 0 bridgehead atoms. The Morgan fingerprint density at radius 3 is 2.41 bits per heavy atom. The van der Waals surface area contributed by atoms with Gasteiger partial charge in [-0.2, -0.15) is 0 Å². The number of fused-ring (bicyclic) bond motifs is 2. The molecule has 0 saturated carbocycles. The number of carbonyl (C=O) groups is 2. The Morgan fingerprint density at radius 2 is 1.59 bits per heavy atom. The Kier molecular flexibility index (Phi) is 5.01. The van der Waals surface area contributed by atoms with Gasteiger partial charge in [0, 0.05) is 56.3 Å². The van der Waals surface area contributed by atoms with Crippen molar-refractivity contribution in [3.63, 3.8) is 0 Å². The highest BCUT2D eigenvalue weighted by atomic mass is 16.2. The minimum Gasteiger partial charge on any atom is -0.354 e. The van der Waals surface area contributed by atoms with Crippen LogP contribution in [0.2, 0.25) is 0 Å². The minimum absolute atomic E-state index is 0.0475. The zero-order chi connectivity index (χ0) is 22.2. The van der Waals surface area contributed by atoms with Crippen LogP contribution in [0, 0.1) is 0 Å². The molecule has 0 aliphatic carbocycles. The van der Waals surface area contributed by atoms with E-state index in [4.69, 9.17) is 0 Å². The number of nitrogens with one attached hydrogen (secondary N) is 2. The van der Waals surface area contributed by atoms with Crippen molar-refractivity contribution in [3.8, 4) is 0 Å². The van der Waals surface area contributed by atoms with Crippen LogP contribution in [0.5, 0.6) is 0 Å². The van der Waals surface area contributed by atoms with Gasteiger partial charge in [0.15, 0.2) is 0 Å². The molecule has 3 heterocycles. The van der Waals surface area contributed by atoms with E-state index in [0.717, 1.165) is 47.8 Å². The largest absolute Gasteiger partial charge is 0.354 e. The summed E-state index contributed by atoms with van der Waals surface area (Å²) in [4.78, 5) is 32.0. The maximum absolute atomic E-state index is 12.1. The molecule has 2 amide bonds. The predicted octanol–water partition coefficient (Wildman–Crippen LogP) is 4.39. The smallest absolute Gasteiger partial charge is 0.223 e. The van der Waals surface area contributed by atoms with Gasteiger partial charge in [-0.25, -0.2) is 4.98 Å². The summed E-state index contributed by atoms with van der Waals surface area (Å²) in [7, 11) is 0. The lowest BCUT2D eigenvalue weighted by Gasteiger charge is -2.20. The molecule has 0 fully saturated rings. The molecule has 2 aliphatic rings. The second-order valence-electron chi connectivity index (χ2n) is 8.18. The molecule has 2 aliphatic heterocycles. The lowest BCUT2D eigenvalue weighted by Crippen LogP contribution is -2.26. The third kappa shape index (κ3) is 3.66. The van der Waals surface area contributed by atoms with Crippen molar-refractivity contribution >= 4 is 46.1 Å². The van der Waals surface area contributed by atoms with Crippen LogP contribution in [-0.4, -0.2) is 29.9 Å². The first kappa shape index (κ1) is 20.1. The Bertz CT molecular complexity index is 1220. The first-order chi connectivity index (χ1) is 15.5. The van der Waals surface area contributed by atoms with Crippen molar-refractivity contribution in [1.82, 2.24) is 4.98 Å². The summed E-state index contributed by atoms with van der Waals surface area (Å²) in [5.74, 6) is 0.796. The fourth-order valence-electron chi connectivity index (χ4n) is 4.54. The van der Waals surface area contributed by atoms with Gasteiger partial charge in [-0.1, -0.05) is 18.2 Å². The molecule has 32 heavy (non-hydrogen) atoms. The Morgan fingerprint density at radius 1 is 0.844 bits per heavy atom. The van der Waals surface area contributed by atoms with Crippen LogP contribution in [0.25, 0.3) is 0 Å². The third-order valence-electron chi connectivity index (χ3n) is 6.05. The summed E-state index contributed by atoms with van der Waals surface area (Å²) in [6, 6.07) is 16.0. The van der Waals surface area contributed by atoms with E-state index in [9.17, 15) is 9.59 Å². The molecule has 0 saturated heterocycles. The van der Waals surface area contributed by atoms with Gasteiger partial charge < -0.3 is 20.4 Å². The number of rotatable bonds is 4. The van der Waals surface area contributed by atoms with E-state index in [1.54, 1.807) is 20.0 Å². The first-order valence-electron chi connectivity index (χ1n) is 10.8. The summed E-state index contributed by atoms with van der Waals surface area (Å²) in [6.45, 7) is 4.64. The van der Waals surface area contributed by atoms with Crippen LogP contribution in [0.15, 0.2) is 54.7 Å². The van der Waals surface area contributed by atoms with Gasteiger partial charge in [0.1, 0.15) is 5.82 Å². The quantitative estimate of drug-likeness (QED) is 0.646. The fraction of sp³-hybridized carbons (Fsp3) is 0.240. The summed E-state index contributed by atoms with van der Waals surface area (Å²) < 4.78 is 0. The van der Waals surface area contributed by atoms with Gasteiger partial charge in [-0.05, 0) is 48.2 Å². The molecule has 1 aromatic heterocycles. The van der Waals surface area contributed by atoms with Gasteiger partial charge in [0.2, 0.25) is 11.8 Å². The lowest BCUT2D eigenvalue weighted by atomic mass is 10.1. The molecule has 0 atom stereocenters. The SMILES string of the molecule is CC(=O)N1CCc2ccc(Nc3cc(Nc4cccc5c4N(C(C)=O)CC5)ccn3)cc21. The van der Waals surface area contributed by atoms with Crippen LogP contribution < -0.4 is 20.4 Å². The number of anilines is 6. The summed E-state index contributed by atoms with van der Waals surface area (Å²) in [5.41, 5.74) is 6.92. The molecule has 2 N–H and O–H groups in total. The molecule has 0 spiro atoms.